The first-order chi connectivity index (χ1) is 16.4. The Bertz CT molecular complexity index is 1440. The van der Waals surface area contributed by atoms with Crippen LogP contribution in [-0.4, -0.2) is 20.4 Å². The maximum Gasteiger partial charge on any atom is 0.282 e. The molecule has 1 saturated carbocycles. The van der Waals surface area contributed by atoms with Gasteiger partial charge in [0, 0.05) is 33.0 Å². The molecule has 1 aliphatic carbocycles. The molecule has 0 amide bonds. The zero-order chi connectivity index (χ0) is 23.8. The van der Waals surface area contributed by atoms with E-state index in [4.69, 9.17) is 10.1 Å². The minimum Gasteiger partial charge on any atom is -0.318 e. The second-order valence-electron chi connectivity index (χ2n) is 9.33. The Morgan fingerprint density at radius 2 is 1.74 bits per heavy atom. The van der Waals surface area contributed by atoms with Crippen molar-refractivity contribution in [3.05, 3.63) is 91.7 Å². The molecule has 0 unspecified atom stereocenters. The Hall–Kier alpha value is -2.99. The Balaban J connectivity index is 1.61. The third-order valence-corrected chi connectivity index (χ3v) is 7.37. The fourth-order valence-electron chi connectivity index (χ4n) is 5.03. The monoisotopic (exact) mass is 516 g/mol. The van der Waals surface area contributed by atoms with Crippen LogP contribution in [-0.2, 0) is 0 Å². The van der Waals surface area contributed by atoms with Gasteiger partial charge in [0.05, 0.1) is 17.1 Å². The zero-order valence-electron chi connectivity index (χ0n) is 19.9. The molecule has 4 aromatic rings. The van der Waals surface area contributed by atoms with Crippen molar-refractivity contribution in [2.45, 2.75) is 58.8 Å². The summed E-state index contributed by atoms with van der Waals surface area (Å²) in [7, 11) is 0. The van der Waals surface area contributed by atoms with Crippen LogP contribution in [0.4, 0.5) is 0 Å². The summed E-state index contributed by atoms with van der Waals surface area (Å²) in [5.41, 5.74) is 6.19. The van der Waals surface area contributed by atoms with Gasteiger partial charge in [0.15, 0.2) is 0 Å². The number of hydrogen-bond donors (Lipinski definition) is 0. The average molecular weight is 517 g/mol. The van der Waals surface area contributed by atoms with E-state index in [1.165, 1.54) is 24.8 Å². The molecular weight excluding hydrogens is 488 g/mol. The summed E-state index contributed by atoms with van der Waals surface area (Å²) >= 11 is 3.49. The fourth-order valence-corrected chi connectivity index (χ4v) is 5.39. The summed E-state index contributed by atoms with van der Waals surface area (Å²) in [4.78, 5) is 18.5. The lowest BCUT2D eigenvalue weighted by atomic mass is 9.88. The van der Waals surface area contributed by atoms with Crippen molar-refractivity contribution < 1.29 is 0 Å². The topological polar surface area (TPSA) is 52.2 Å². The molecule has 0 bridgehead atoms. The lowest BCUT2D eigenvalue weighted by Crippen LogP contribution is -2.25. The summed E-state index contributed by atoms with van der Waals surface area (Å²) in [6.45, 7) is 6.28. The SMILES string of the molecule is Cc1ccc(-n2c(C)cc(C=Nn3c(C4CCCCC4)nc4ccc(Br)cc4c3=O)c2C)cc1. The van der Waals surface area contributed by atoms with Crippen LogP contribution in [0.1, 0.15) is 66.4 Å². The van der Waals surface area contributed by atoms with E-state index in [9.17, 15) is 4.79 Å². The summed E-state index contributed by atoms with van der Waals surface area (Å²) < 4.78 is 4.63. The van der Waals surface area contributed by atoms with Crippen molar-refractivity contribution in [3.63, 3.8) is 0 Å². The lowest BCUT2D eigenvalue weighted by Gasteiger charge is -2.22. The number of fused-ring (bicyclic) bond motifs is 1. The lowest BCUT2D eigenvalue weighted by molar-refractivity contribution is 0.416. The van der Waals surface area contributed by atoms with Crippen molar-refractivity contribution in [2.24, 2.45) is 5.10 Å². The van der Waals surface area contributed by atoms with Crippen LogP contribution in [0.25, 0.3) is 16.6 Å². The number of aryl methyl sites for hydroxylation is 2. The number of hydrogen-bond acceptors (Lipinski definition) is 3. The molecular formula is C28H29BrN4O. The molecule has 174 valence electrons. The molecule has 2 aromatic heterocycles. The molecule has 0 atom stereocenters. The van der Waals surface area contributed by atoms with E-state index >= 15 is 0 Å². The molecule has 0 aliphatic heterocycles. The number of benzene rings is 2. The summed E-state index contributed by atoms with van der Waals surface area (Å²) in [6.07, 6.45) is 7.49. The van der Waals surface area contributed by atoms with Gasteiger partial charge < -0.3 is 4.57 Å². The molecule has 0 spiro atoms. The van der Waals surface area contributed by atoms with Crippen LogP contribution in [0.3, 0.4) is 0 Å². The van der Waals surface area contributed by atoms with Crippen LogP contribution in [0.2, 0.25) is 0 Å². The Labute approximate surface area is 208 Å². The van der Waals surface area contributed by atoms with Crippen LogP contribution in [0.5, 0.6) is 0 Å². The van der Waals surface area contributed by atoms with Gasteiger partial charge in [-0.15, -0.1) is 0 Å². The summed E-state index contributed by atoms with van der Waals surface area (Å²) in [5, 5.41) is 5.32. The highest BCUT2D eigenvalue weighted by molar-refractivity contribution is 9.10. The number of nitrogens with zero attached hydrogens (tertiary/aromatic N) is 4. The molecule has 34 heavy (non-hydrogen) atoms. The minimum absolute atomic E-state index is 0.115. The van der Waals surface area contributed by atoms with Crippen LogP contribution < -0.4 is 5.56 Å². The first kappa shape index (κ1) is 22.8. The molecule has 0 radical (unpaired) electrons. The zero-order valence-corrected chi connectivity index (χ0v) is 21.5. The van der Waals surface area contributed by atoms with E-state index in [1.807, 2.05) is 24.4 Å². The van der Waals surface area contributed by atoms with Crippen molar-refractivity contribution in [1.29, 1.82) is 0 Å². The molecule has 2 heterocycles. The second kappa shape index (κ2) is 9.34. The molecule has 2 aromatic carbocycles. The van der Waals surface area contributed by atoms with Gasteiger partial charge in [-0.05, 0) is 70.0 Å². The largest absolute Gasteiger partial charge is 0.318 e. The van der Waals surface area contributed by atoms with Gasteiger partial charge in [0.25, 0.3) is 5.56 Å². The first-order valence-corrected chi connectivity index (χ1v) is 12.7. The Morgan fingerprint density at radius 1 is 1.00 bits per heavy atom. The van der Waals surface area contributed by atoms with Crippen LogP contribution in [0, 0.1) is 20.8 Å². The molecule has 6 heteroatoms. The predicted molar refractivity (Wildman–Crippen MR) is 143 cm³/mol. The summed E-state index contributed by atoms with van der Waals surface area (Å²) in [6, 6.07) is 16.3. The highest BCUT2D eigenvalue weighted by atomic mass is 79.9. The van der Waals surface area contributed by atoms with Crippen molar-refractivity contribution in [2.75, 3.05) is 0 Å². The van der Waals surface area contributed by atoms with E-state index in [0.29, 0.717) is 5.39 Å². The van der Waals surface area contributed by atoms with Gasteiger partial charge in [0.2, 0.25) is 0 Å². The number of halogens is 1. The van der Waals surface area contributed by atoms with Gasteiger partial charge in [-0.3, -0.25) is 4.79 Å². The highest BCUT2D eigenvalue weighted by Gasteiger charge is 2.22. The number of rotatable bonds is 4. The van der Waals surface area contributed by atoms with E-state index in [2.05, 4.69) is 71.6 Å². The Morgan fingerprint density at radius 3 is 2.47 bits per heavy atom. The van der Waals surface area contributed by atoms with Gasteiger partial charge in [-0.2, -0.15) is 9.78 Å². The van der Waals surface area contributed by atoms with Crippen molar-refractivity contribution in [1.82, 2.24) is 14.2 Å². The molecule has 1 aliphatic rings. The smallest absolute Gasteiger partial charge is 0.282 e. The third-order valence-electron chi connectivity index (χ3n) is 6.88. The van der Waals surface area contributed by atoms with Crippen molar-refractivity contribution >= 4 is 33.0 Å². The van der Waals surface area contributed by atoms with Crippen molar-refractivity contribution in [3.8, 4) is 5.69 Å². The van der Waals surface area contributed by atoms with Crippen LogP contribution >= 0.6 is 15.9 Å². The molecule has 0 N–H and O–H groups in total. The standard InChI is InChI=1S/C28H29BrN4O/c1-18-9-12-24(13-10-18)32-19(2)15-22(20(32)3)17-30-33-27(21-7-5-4-6-8-21)31-26-14-11-23(29)16-25(26)28(33)34/h9-17,21H,4-8H2,1-3H3. The molecule has 5 rings (SSSR count). The average Bonchev–Trinajstić information content (AvgIpc) is 3.12. The second-order valence-corrected chi connectivity index (χ2v) is 10.2. The molecule has 5 nitrogen and oxygen atoms in total. The maximum atomic E-state index is 13.6. The fraction of sp³-hybridized carbons (Fsp3) is 0.321. The van der Waals surface area contributed by atoms with E-state index < -0.39 is 0 Å². The summed E-state index contributed by atoms with van der Waals surface area (Å²) in [5.74, 6) is 1.04. The van der Waals surface area contributed by atoms with Gasteiger partial charge >= 0.3 is 0 Å². The highest BCUT2D eigenvalue weighted by Crippen LogP contribution is 2.32. The van der Waals surface area contributed by atoms with Gasteiger partial charge in [0.1, 0.15) is 5.82 Å². The van der Waals surface area contributed by atoms with Crippen LogP contribution in [0.15, 0.2) is 62.9 Å². The van der Waals surface area contributed by atoms with Gasteiger partial charge in [-0.25, -0.2) is 4.98 Å². The molecule has 0 saturated heterocycles. The predicted octanol–water partition coefficient (Wildman–Crippen LogP) is 6.80. The third kappa shape index (κ3) is 4.27. The van der Waals surface area contributed by atoms with E-state index in [0.717, 1.165) is 51.3 Å². The minimum atomic E-state index is -0.115. The van der Waals surface area contributed by atoms with Gasteiger partial charge in [-0.1, -0.05) is 52.9 Å². The normalized spacial score (nSPS) is 14.9. The first-order valence-electron chi connectivity index (χ1n) is 11.9. The molecule has 1 fully saturated rings. The maximum absolute atomic E-state index is 13.6. The van der Waals surface area contributed by atoms with E-state index in [-0.39, 0.29) is 11.5 Å². The number of aromatic nitrogens is 3. The Kier molecular flexibility index (Phi) is 6.26. The van der Waals surface area contributed by atoms with E-state index in [1.54, 1.807) is 4.68 Å². The quantitative estimate of drug-likeness (QED) is 0.280.